The second-order valence-electron chi connectivity index (χ2n) is 3.91. The number of carbonyl (C=O) groups is 1. The number of rotatable bonds is 5. The number of unbranched alkanes of at least 4 members (excludes halogenated alkanes) is 1. The van der Waals surface area contributed by atoms with Crippen LogP contribution in [-0.4, -0.2) is 38.4 Å². The van der Waals surface area contributed by atoms with Crippen molar-refractivity contribution in [2.45, 2.75) is 31.7 Å². The van der Waals surface area contributed by atoms with Gasteiger partial charge in [-0.1, -0.05) is 0 Å². The fraction of sp³-hybridized carbons (Fsp3) is 0.889. The van der Waals surface area contributed by atoms with Gasteiger partial charge in [0.25, 0.3) is 0 Å². The zero-order valence-electron chi connectivity index (χ0n) is 8.74. The minimum Gasteiger partial charge on any atom is -0.352 e. The summed E-state index contributed by atoms with van der Waals surface area (Å²) < 4.78 is 22.2. The Morgan fingerprint density at radius 1 is 1.40 bits per heavy atom. The molecule has 1 heterocycles. The fourth-order valence-electron chi connectivity index (χ4n) is 1.64. The molecule has 0 spiro atoms. The Balaban J connectivity index is 2.22. The van der Waals surface area contributed by atoms with Gasteiger partial charge in [0, 0.05) is 12.5 Å². The van der Waals surface area contributed by atoms with Crippen molar-refractivity contribution in [3.8, 4) is 0 Å². The Kier molecular flexibility index (Phi) is 4.53. The maximum absolute atomic E-state index is 11.3. The SMILES string of the molecule is NCCCCC(=O)NC1CCS(=O)(=O)C1. The molecule has 1 aliphatic rings. The van der Waals surface area contributed by atoms with Crippen LogP contribution in [0.25, 0.3) is 0 Å². The highest BCUT2D eigenvalue weighted by Crippen LogP contribution is 2.11. The van der Waals surface area contributed by atoms with Gasteiger partial charge in [-0.2, -0.15) is 0 Å². The quantitative estimate of drug-likeness (QED) is 0.623. The number of sulfone groups is 1. The highest BCUT2D eigenvalue weighted by molar-refractivity contribution is 7.91. The van der Waals surface area contributed by atoms with Crippen LogP contribution in [0.15, 0.2) is 0 Å². The van der Waals surface area contributed by atoms with E-state index >= 15 is 0 Å². The summed E-state index contributed by atoms with van der Waals surface area (Å²) in [5, 5.41) is 2.73. The molecule has 0 aromatic carbocycles. The smallest absolute Gasteiger partial charge is 0.220 e. The van der Waals surface area contributed by atoms with Gasteiger partial charge in [-0.05, 0) is 25.8 Å². The van der Waals surface area contributed by atoms with Gasteiger partial charge < -0.3 is 11.1 Å². The first-order valence-electron chi connectivity index (χ1n) is 5.23. The minimum atomic E-state index is -2.90. The van der Waals surface area contributed by atoms with E-state index < -0.39 is 9.84 Å². The van der Waals surface area contributed by atoms with E-state index in [9.17, 15) is 13.2 Å². The summed E-state index contributed by atoms with van der Waals surface area (Å²) in [4.78, 5) is 11.3. The van der Waals surface area contributed by atoms with E-state index in [0.29, 0.717) is 19.4 Å². The molecule has 1 unspecified atom stereocenters. The molecular formula is C9H18N2O3S. The van der Waals surface area contributed by atoms with Crippen LogP contribution < -0.4 is 11.1 Å². The molecular weight excluding hydrogens is 216 g/mol. The van der Waals surface area contributed by atoms with Gasteiger partial charge in [0.05, 0.1) is 11.5 Å². The number of carbonyl (C=O) groups excluding carboxylic acids is 1. The van der Waals surface area contributed by atoms with Crippen LogP contribution >= 0.6 is 0 Å². The number of amides is 1. The Morgan fingerprint density at radius 3 is 2.67 bits per heavy atom. The van der Waals surface area contributed by atoms with Crippen LogP contribution in [0.5, 0.6) is 0 Å². The molecule has 1 aliphatic heterocycles. The molecule has 15 heavy (non-hydrogen) atoms. The summed E-state index contributed by atoms with van der Waals surface area (Å²) in [7, 11) is -2.90. The second-order valence-corrected chi connectivity index (χ2v) is 6.14. The van der Waals surface area contributed by atoms with Gasteiger partial charge in [0.1, 0.15) is 0 Å². The molecule has 0 bridgehead atoms. The highest BCUT2D eigenvalue weighted by Gasteiger charge is 2.28. The molecule has 3 N–H and O–H groups in total. The molecule has 1 amide bonds. The monoisotopic (exact) mass is 234 g/mol. The van der Waals surface area contributed by atoms with Crippen LogP contribution in [0.4, 0.5) is 0 Å². The van der Waals surface area contributed by atoms with Crippen molar-refractivity contribution in [2.24, 2.45) is 5.73 Å². The van der Waals surface area contributed by atoms with Crippen LogP contribution in [0, 0.1) is 0 Å². The van der Waals surface area contributed by atoms with E-state index in [1.54, 1.807) is 0 Å². The van der Waals surface area contributed by atoms with Crippen LogP contribution in [-0.2, 0) is 14.6 Å². The molecule has 0 aromatic rings. The zero-order chi connectivity index (χ0) is 11.3. The van der Waals surface area contributed by atoms with Gasteiger partial charge in [0.15, 0.2) is 9.84 Å². The summed E-state index contributed by atoms with van der Waals surface area (Å²) in [5.41, 5.74) is 5.30. The van der Waals surface area contributed by atoms with Gasteiger partial charge in [0.2, 0.25) is 5.91 Å². The van der Waals surface area contributed by atoms with Gasteiger partial charge >= 0.3 is 0 Å². The van der Waals surface area contributed by atoms with Crippen molar-refractivity contribution in [1.29, 1.82) is 0 Å². The second kappa shape index (κ2) is 5.46. The molecule has 1 atom stereocenters. The van der Waals surface area contributed by atoms with Crippen LogP contribution in [0.1, 0.15) is 25.7 Å². The Hall–Kier alpha value is -0.620. The lowest BCUT2D eigenvalue weighted by Gasteiger charge is -2.10. The lowest BCUT2D eigenvalue weighted by atomic mass is 10.2. The van der Waals surface area contributed by atoms with Crippen molar-refractivity contribution in [3.05, 3.63) is 0 Å². The molecule has 1 rings (SSSR count). The molecule has 6 heteroatoms. The number of nitrogens with one attached hydrogen (secondary N) is 1. The Bertz CT molecular complexity index is 313. The topological polar surface area (TPSA) is 89.3 Å². The fourth-order valence-corrected chi connectivity index (χ4v) is 3.31. The summed E-state index contributed by atoms with van der Waals surface area (Å²) in [5.74, 6) is 0.224. The molecule has 0 aliphatic carbocycles. The Labute approximate surface area is 90.3 Å². The standard InChI is InChI=1S/C9H18N2O3S/c10-5-2-1-3-9(12)11-8-4-6-15(13,14)7-8/h8H,1-7,10H2,(H,11,12). The molecule has 88 valence electrons. The van der Waals surface area contributed by atoms with Gasteiger partial charge in [-0.3, -0.25) is 4.79 Å². The van der Waals surface area contributed by atoms with E-state index in [4.69, 9.17) is 5.73 Å². The van der Waals surface area contributed by atoms with Gasteiger partial charge in [-0.15, -0.1) is 0 Å². The first-order valence-corrected chi connectivity index (χ1v) is 7.05. The largest absolute Gasteiger partial charge is 0.352 e. The maximum atomic E-state index is 11.3. The van der Waals surface area contributed by atoms with E-state index in [2.05, 4.69) is 5.32 Å². The van der Waals surface area contributed by atoms with E-state index in [-0.39, 0.29) is 23.5 Å². The summed E-state index contributed by atoms with van der Waals surface area (Å²) in [6.45, 7) is 0.588. The Morgan fingerprint density at radius 2 is 2.13 bits per heavy atom. The molecule has 0 saturated carbocycles. The third-order valence-corrected chi connectivity index (χ3v) is 4.22. The first-order chi connectivity index (χ1) is 7.03. The summed E-state index contributed by atoms with van der Waals surface area (Å²) in [6.07, 6.45) is 2.58. The first kappa shape index (κ1) is 12.4. The predicted octanol–water partition coefficient (Wildman–Crippen LogP) is -0.581. The van der Waals surface area contributed by atoms with Crippen molar-refractivity contribution in [1.82, 2.24) is 5.32 Å². The van der Waals surface area contributed by atoms with Crippen LogP contribution in [0.2, 0.25) is 0 Å². The molecule has 5 nitrogen and oxygen atoms in total. The van der Waals surface area contributed by atoms with Crippen molar-refractivity contribution in [2.75, 3.05) is 18.1 Å². The minimum absolute atomic E-state index is 0.0643. The average molecular weight is 234 g/mol. The molecule has 1 saturated heterocycles. The number of hydrogen-bond acceptors (Lipinski definition) is 4. The molecule has 0 radical (unpaired) electrons. The predicted molar refractivity (Wildman–Crippen MR) is 58.1 cm³/mol. The molecule has 1 fully saturated rings. The number of hydrogen-bond donors (Lipinski definition) is 2. The van der Waals surface area contributed by atoms with Crippen molar-refractivity contribution < 1.29 is 13.2 Å². The lowest BCUT2D eigenvalue weighted by molar-refractivity contribution is -0.121. The molecule has 0 aromatic heterocycles. The zero-order valence-corrected chi connectivity index (χ0v) is 9.55. The summed E-state index contributed by atoms with van der Waals surface area (Å²) >= 11 is 0. The lowest BCUT2D eigenvalue weighted by Crippen LogP contribution is -2.35. The van der Waals surface area contributed by atoms with Gasteiger partial charge in [-0.25, -0.2) is 8.42 Å². The van der Waals surface area contributed by atoms with E-state index in [1.807, 2.05) is 0 Å². The third kappa shape index (κ3) is 4.61. The highest BCUT2D eigenvalue weighted by atomic mass is 32.2. The van der Waals surface area contributed by atoms with E-state index in [1.165, 1.54) is 0 Å². The van der Waals surface area contributed by atoms with Crippen molar-refractivity contribution >= 4 is 15.7 Å². The third-order valence-electron chi connectivity index (χ3n) is 2.46. The normalized spacial score (nSPS) is 23.9. The van der Waals surface area contributed by atoms with Crippen molar-refractivity contribution in [3.63, 3.8) is 0 Å². The number of nitrogens with two attached hydrogens (primary N) is 1. The summed E-state index contributed by atoms with van der Waals surface area (Å²) in [6, 6.07) is -0.180. The maximum Gasteiger partial charge on any atom is 0.220 e. The van der Waals surface area contributed by atoms with Crippen LogP contribution in [0.3, 0.4) is 0 Å². The average Bonchev–Trinajstić information content (AvgIpc) is 2.46. The van der Waals surface area contributed by atoms with E-state index in [0.717, 1.165) is 12.8 Å².